The molecule has 136 valence electrons. The van der Waals surface area contributed by atoms with E-state index in [1.165, 1.54) is 27.8 Å². The van der Waals surface area contributed by atoms with Crippen LogP contribution in [0.15, 0.2) is 115 Å². The van der Waals surface area contributed by atoms with Crippen LogP contribution in [0.2, 0.25) is 0 Å². The van der Waals surface area contributed by atoms with Gasteiger partial charge in [0.2, 0.25) is 0 Å². The van der Waals surface area contributed by atoms with Gasteiger partial charge in [-0.25, -0.2) is 0 Å². The fraction of sp³-hybridized carbons (Fsp3) is 0.0370. The van der Waals surface area contributed by atoms with Crippen molar-refractivity contribution in [2.24, 2.45) is 0 Å². The monoisotopic (exact) mass is 362 g/mol. The second-order valence-electron chi connectivity index (χ2n) is 6.58. The van der Waals surface area contributed by atoms with Gasteiger partial charge in [0.15, 0.2) is 0 Å². The van der Waals surface area contributed by atoms with Crippen LogP contribution in [0.4, 0.5) is 0 Å². The lowest BCUT2D eigenvalue weighted by atomic mass is 9.86. The molecule has 0 aliphatic heterocycles. The molecule has 0 radical (unpaired) electrons. The van der Waals surface area contributed by atoms with Gasteiger partial charge < -0.3 is 4.74 Å². The van der Waals surface area contributed by atoms with Gasteiger partial charge in [0, 0.05) is 0 Å². The van der Waals surface area contributed by atoms with Crippen LogP contribution in [-0.4, -0.2) is 7.11 Å². The van der Waals surface area contributed by atoms with Gasteiger partial charge in [0.1, 0.15) is 5.75 Å². The molecule has 0 saturated heterocycles. The minimum atomic E-state index is 0.853. The van der Waals surface area contributed by atoms with E-state index in [1.54, 1.807) is 7.11 Å². The third-order valence-corrected chi connectivity index (χ3v) is 4.80. The van der Waals surface area contributed by atoms with E-state index in [2.05, 4.69) is 103 Å². The summed E-state index contributed by atoms with van der Waals surface area (Å²) in [5, 5.41) is 0. The van der Waals surface area contributed by atoms with Crippen molar-refractivity contribution in [2.45, 2.75) is 0 Å². The van der Waals surface area contributed by atoms with Crippen molar-refractivity contribution < 1.29 is 4.74 Å². The van der Waals surface area contributed by atoms with Crippen molar-refractivity contribution in [1.29, 1.82) is 0 Å². The fourth-order valence-electron chi connectivity index (χ4n) is 3.50. The van der Waals surface area contributed by atoms with Gasteiger partial charge in [0.05, 0.1) is 7.11 Å². The zero-order chi connectivity index (χ0) is 19.2. The van der Waals surface area contributed by atoms with Crippen LogP contribution in [0.5, 0.6) is 5.75 Å². The highest BCUT2D eigenvalue weighted by Gasteiger charge is 2.16. The van der Waals surface area contributed by atoms with Crippen LogP contribution < -0.4 is 4.74 Å². The van der Waals surface area contributed by atoms with Gasteiger partial charge in [0.25, 0.3) is 0 Å². The zero-order valence-corrected chi connectivity index (χ0v) is 15.9. The summed E-state index contributed by atoms with van der Waals surface area (Å²) in [5.74, 6) is 0.853. The number of methoxy groups -OCH3 is 1. The Bertz CT molecular complexity index is 1020. The van der Waals surface area contributed by atoms with Gasteiger partial charge in [-0.1, -0.05) is 103 Å². The molecular formula is C27H22O. The highest BCUT2D eigenvalue weighted by molar-refractivity contribution is 6.04. The molecule has 0 aliphatic carbocycles. The predicted molar refractivity (Wildman–Crippen MR) is 117 cm³/mol. The summed E-state index contributed by atoms with van der Waals surface area (Å²) in [6.45, 7) is 0. The lowest BCUT2D eigenvalue weighted by Crippen LogP contribution is -1.97. The molecule has 1 nitrogen and oxygen atoms in total. The first-order chi connectivity index (χ1) is 13.9. The quantitative estimate of drug-likeness (QED) is 0.359. The molecule has 4 aromatic carbocycles. The Balaban J connectivity index is 2.09. The molecule has 0 aromatic heterocycles. The van der Waals surface area contributed by atoms with E-state index in [0.717, 1.165) is 11.3 Å². The Hall–Kier alpha value is -3.58. The first-order valence-corrected chi connectivity index (χ1v) is 9.42. The average molecular weight is 362 g/mol. The number of rotatable bonds is 5. The standard InChI is InChI=1S/C27H22O/c1-28-25-19-11-18-24(20-25)27(23-16-9-4-10-17-23)26(21-12-5-2-6-13-21)22-14-7-3-8-15-22/h2-20H,1H3. The Kier molecular flexibility index (Phi) is 5.35. The molecule has 28 heavy (non-hydrogen) atoms. The van der Waals surface area contributed by atoms with Gasteiger partial charge in [-0.15, -0.1) is 0 Å². The number of ether oxygens (including phenoxy) is 1. The lowest BCUT2D eigenvalue weighted by molar-refractivity contribution is 0.414. The molecule has 0 fully saturated rings. The Morgan fingerprint density at radius 3 is 1.29 bits per heavy atom. The summed E-state index contributed by atoms with van der Waals surface area (Å²) in [6, 6.07) is 40.0. The van der Waals surface area contributed by atoms with Gasteiger partial charge >= 0.3 is 0 Å². The number of hydrogen-bond donors (Lipinski definition) is 0. The van der Waals surface area contributed by atoms with Gasteiger partial charge in [-0.05, 0) is 45.5 Å². The maximum Gasteiger partial charge on any atom is 0.119 e. The third-order valence-electron chi connectivity index (χ3n) is 4.80. The molecule has 4 aromatic rings. The van der Waals surface area contributed by atoms with Crippen molar-refractivity contribution in [3.8, 4) is 5.75 Å². The van der Waals surface area contributed by atoms with Gasteiger partial charge in [-0.3, -0.25) is 0 Å². The van der Waals surface area contributed by atoms with Crippen molar-refractivity contribution in [3.63, 3.8) is 0 Å². The summed E-state index contributed by atoms with van der Waals surface area (Å²) in [5.41, 5.74) is 7.09. The number of benzene rings is 4. The van der Waals surface area contributed by atoms with Gasteiger partial charge in [-0.2, -0.15) is 0 Å². The van der Waals surface area contributed by atoms with Crippen LogP contribution in [0.1, 0.15) is 22.3 Å². The first kappa shape index (κ1) is 17.8. The zero-order valence-electron chi connectivity index (χ0n) is 15.9. The molecule has 0 aliphatic rings. The Labute approximate surface area is 166 Å². The van der Waals surface area contributed by atoms with Crippen LogP contribution in [0, 0.1) is 0 Å². The Morgan fingerprint density at radius 1 is 0.464 bits per heavy atom. The van der Waals surface area contributed by atoms with Crippen LogP contribution in [-0.2, 0) is 0 Å². The summed E-state index contributed by atoms with van der Waals surface area (Å²) in [4.78, 5) is 0. The van der Waals surface area contributed by atoms with E-state index in [-0.39, 0.29) is 0 Å². The molecule has 0 bridgehead atoms. The predicted octanol–water partition coefficient (Wildman–Crippen LogP) is 6.70. The fourth-order valence-corrected chi connectivity index (χ4v) is 3.50. The van der Waals surface area contributed by atoms with Crippen molar-refractivity contribution >= 4 is 11.1 Å². The van der Waals surface area contributed by atoms with E-state index in [0.29, 0.717) is 0 Å². The van der Waals surface area contributed by atoms with Crippen LogP contribution in [0.3, 0.4) is 0 Å². The van der Waals surface area contributed by atoms with E-state index in [4.69, 9.17) is 4.74 Å². The summed E-state index contributed by atoms with van der Waals surface area (Å²) in [6.07, 6.45) is 0. The highest BCUT2D eigenvalue weighted by atomic mass is 16.5. The van der Waals surface area contributed by atoms with Crippen molar-refractivity contribution in [1.82, 2.24) is 0 Å². The molecule has 0 amide bonds. The molecular weight excluding hydrogens is 340 g/mol. The average Bonchev–Trinajstić information content (AvgIpc) is 2.79. The van der Waals surface area contributed by atoms with E-state index >= 15 is 0 Å². The SMILES string of the molecule is COc1cccc(C(=C(c2ccccc2)c2ccccc2)c2ccccc2)c1. The number of hydrogen-bond acceptors (Lipinski definition) is 1. The molecule has 0 saturated carbocycles. The lowest BCUT2D eigenvalue weighted by Gasteiger charge is -2.18. The summed E-state index contributed by atoms with van der Waals surface area (Å²) >= 11 is 0. The van der Waals surface area contributed by atoms with Crippen molar-refractivity contribution in [2.75, 3.05) is 7.11 Å². The van der Waals surface area contributed by atoms with Crippen LogP contribution >= 0.6 is 0 Å². The normalized spacial score (nSPS) is 10.3. The molecule has 0 spiro atoms. The topological polar surface area (TPSA) is 9.23 Å². The Morgan fingerprint density at radius 2 is 0.857 bits per heavy atom. The van der Waals surface area contributed by atoms with Crippen LogP contribution in [0.25, 0.3) is 11.1 Å². The molecule has 0 unspecified atom stereocenters. The minimum Gasteiger partial charge on any atom is -0.497 e. The van der Waals surface area contributed by atoms with Crippen molar-refractivity contribution in [3.05, 3.63) is 138 Å². The molecule has 1 heteroatoms. The second-order valence-corrected chi connectivity index (χ2v) is 6.58. The van der Waals surface area contributed by atoms with E-state index in [1.807, 2.05) is 12.1 Å². The van der Waals surface area contributed by atoms with E-state index in [9.17, 15) is 0 Å². The summed E-state index contributed by atoms with van der Waals surface area (Å²) < 4.78 is 5.51. The maximum atomic E-state index is 5.51. The largest absolute Gasteiger partial charge is 0.497 e. The smallest absolute Gasteiger partial charge is 0.119 e. The third kappa shape index (κ3) is 3.74. The summed E-state index contributed by atoms with van der Waals surface area (Å²) in [7, 11) is 1.71. The maximum absolute atomic E-state index is 5.51. The molecule has 0 N–H and O–H groups in total. The molecule has 0 atom stereocenters. The minimum absolute atomic E-state index is 0.853. The first-order valence-electron chi connectivity index (χ1n) is 9.42. The highest BCUT2D eigenvalue weighted by Crippen LogP contribution is 2.37. The molecule has 4 rings (SSSR count). The molecule has 0 heterocycles. The second kappa shape index (κ2) is 8.41. The van der Waals surface area contributed by atoms with E-state index < -0.39 is 0 Å².